The summed E-state index contributed by atoms with van der Waals surface area (Å²) in [6.45, 7) is 3.71. The summed E-state index contributed by atoms with van der Waals surface area (Å²) in [5.74, 6) is -0.243. The molecule has 0 fully saturated rings. The number of sulfone groups is 1. The van der Waals surface area contributed by atoms with Crippen LogP contribution in [0.1, 0.15) is 29.7 Å². The average Bonchev–Trinajstić information content (AvgIpc) is 2.60. The van der Waals surface area contributed by atoms with E-state index in [0.717, 1.165) is 22.8 Å². The maximum atomic E-state index is 12.5. The van der Waals surface area contributed by atoms with Crippen molar-refractivity contribution in [3.63, 3.8) is 0 Å². The van der Waals surface area contributed by atoms with Crippen molar-refractivity contribution >= 4 is 26.7 Å². The van der Waals surface area contributed by atoms with Gasteiger partial charge in [-0.3, -0.25) is 4.79 Å². The van der Waals surface area contributed by atoms with Gasteiger partial charge in [0.15, 0.2) is 9.84 Å². The zero-order valence-electron chi connectivity index (χ0n) is 15.9. The molecule has 1 unspecified atom stereocenters. The first kappa shape index (κ1) is 19.8. The third-order valence-corrected chi connectivity index (χ3v) is 5.65. The molecular weight excluding hydrogens is 378 g/mol. The SMILES string of the molecule is Cc1ccc2c(CC(=O)NC(C)c3ccc(S(C)(=O)=O)cc3)cc(=O)oc2c1. The summed E-state index contributed by atoms with van der Waals surface area (Å²) < 4.78 is 28.3. The van der Waals surface area contributed by atoms with Crippen LogP contribution in [-0.2, 0) is 21.1 Å². The number of carbonyl (C=O) groups excluding carboxylic acids is 1. The van der Waals surface area contributed by atoms with Gasteiger partial charge in [0, 0.05) is 17.7 Å². The first-order chi connectivity index (χ1) is 13.1. The third-order valence-electron chi connectivity index (χ3n) is 4.52. The van der Waals surface area contributed by atoms with E-state index < -0.39 is 15.5 Å². The number of amides is 1. The predicted molar refractivity (Wildman–Crippen MR) is 107 cm³/mol. The zero-order valence-corrected chi connectivity index (χ0v) is 16.7. The van der Waals surface area contributed by atoms with Gasteiger partial charge in [0.1, 0.15) is 5.58 Å². The van der Waals surface area contributed by atoms with Crippen LogP contribution in [-0.4, -0.2) is 20.6 Å². The Kier molecular flexibility index (Phi) is 5.38. The van der Waals surface area contributed by atoms with Gasteiger partial charge in [0.2, 0.25) is 5.91 Å². The lowest BCUT2D eigenvalue weighted by Crippen LogP contribution is -2.28. The number of rotatable bonds is 5. The van der Waals surface area contributed by atoms with E-state index >= 15 is 0 Å². The Balaban J connectivity index is 1.77. The molecule has 0 radical (unpaired) electrons. The molecule has 1 amide bonds. The summed E-state index contributed by atoms with van der Waals surface area (Å²) in [6.07, 6.45) is 1.19. The quantitative estimate of drug-likeness (QED) is 0.666. The lowest BCUT2D eigenvalue weighted by Gasteiger charge is -2.15. The molecule has 2 aromatic carbocycles. The molecule has 1 heterocycles. The third kappa shape index (κ3) is 4.48. The summed E-state index contributed by atoms with van der Waals surface area (Å²) >= 11 is 0. The number of aryl methyl sites for hydroxylation is 1. The topological polar surface area (TPSA) is 93.5 Å². The van der Waals surface area contributed by atoms with Gasteiger partial charge >= 0.3 is 5.63 Å². The second-order valence-corrected chi connectivity index (χ2v) is 8.91. The fraction of sp³-hybridized carbons (Fsp3) is 0.238. The van der Waals surface area contributed by atoms with Crippen LogP contribution >= 0.6 is 0 Å². The molecule has 0 aliphatic heterocycles. The van der Waals surface area contributed by atoms with E-state index in [4.69, 9.17) is 4.42 Å². The summed E-state index contributed by atoms with van der Waals surface area (Å²) in [5.41, 5.74) is 2.31. The number of carbonyl (C=O) groups is 1. The Morgan fingerprint density at radius 1 is 1.11 bits per heavy atom. The minimum absolute atomic E-state index is 0.0386. The smallest absolute Gasteiger partial charge is 0.336 e. The first-order valence-corrected chi connectivity index (χ1v) is 10.7. The fourth-order valence-electron chi connectivity index (χ4n) is 3.04. The summed E-state index contributed by atoms with van der Waals surface area (Å²) in [7, 11) is -3.26. The largest absolute Gasteiger partial charge is 0.423 e. The van der Waals surface area contributed by atoms with Crippen LogP contribution in [0.5, 0.6) is 0 Å². The Hall–Kier alpha value is -2.93. The highest BCUT2D eigenvalue weighted by Crippen LogP contribution is 2.20. The van der Waals surface area contributed by atoms with Crippen molar-refractivity contribution in [2.45, 2.75) is 31.2 Å². The Labute approximate surface area is 163 Å². The molecule has 6 nitrogen and oxygen atoms in total. The van der Waals surface area contributed by atoms with Crippen LogP contribution in [0.2, 0.25) is 0 Å². The minimum atomic E-state index is -3.26. The molecular formula is C21H21NO5S. The lowest BCUT2D eigenvalue weighted by molar-refractivity contribution is -0.121. The Bertz CT molecular complexity index is 1190. The second kappa shape index (κ2) is 7.59. The van der Waals surface area contributed by atoms with Crippen molar-refractivity contribution < 1.29 is 17.6 Å². The van der Waals surface area contributed by atoms with Crippen LogP contribution in [0, 0.1) is 6.92 Å². The maximum absolute atomic E-state index is 12.5. The van der Waals surface area contributed by atoms with Crippen molar-refractivity contribution in [2.24, 2.45) is 0 Å². The van der Waals surface area contributed by atoms with Crippen molar-refractivity contribution in [1.82, 2.24) is 5.32 Å². The minimum Gasteiger partial charge on any atom is -0.423 e. The summed E-state index contributed by atoms with van der Waals surface area (Å²) in [5, 5.41) is 3.60. The van der Waals surface area contributed by atoms with Crippen molar-refractivity contribution in [3.05, 3.63) is 75.6 Å². The van der Waals surface area contributed by atoms with Crippen molar-refractivity contribution in [2.75, 3.05) is 6.26 Å². The summed E-state index contributed by atoms with van der Waals surface area (Å²) in [4.78, 5) is 24.5. The highest BCUT2D eigenvalue weighted by molar-refractivity contribution is 7.90. The molecule has 7 heteroatoms. The molecule has 1 aromatic heterocycles. The summed E-state index contributed by atoms with van der Waals surface area (Å²) in [6, 6.07) is 12.9. The molecule has 0 saturated carbocycles. The first-order valence-electron chi connectivity index (χ1n) is 8.76. The molecule has 3 rings (SSSR count). The highest BCUT2D eigenvalue weighted by atomic mass is 32.2. The van der Waals surface area contributed by atoms with Crippen LogP contribution in [0.4, 0.5) is 0 Å². The number of hydrogen-bond acceptors (Lipinski definition) is 5. The average molecular weight is 399 g/mol. The molecule has 3 aromatic rings. The molecule has 0 aliphatic carbocycles. The number of hydrogen-bond donors (Lipinski definition) is 1. The number of benzene rings is 2. The maximum Gasteiger partial charge on any atom is 0.336 e. The van der Waals surface area contributed by atoms with E-state index in [1.165, 1.54) is 18.2 Å². The second-order valence-electron chi connectivity index (χ2n) is 6.90. The van der Waals surface area contributed by atoms with Gasteiger partial charge < -0.3 is 9.73 Å². The van der Waals surface area contributed by atoms with Gasteiger partial charge in [-0.15, -0.1) is 0 Å². The zero-order chi connectivity index (χ0) is 20.5. The van der Waals surface area contributed by atoms with E-state index in [2.05, 4.69) is 5.32 Å². The van der Waals surface area contributed by atoms with Crippen LogP contribution in [0.15, 0.2) is 62.6 Å². The molecule has 0 aliphatic rings. The van der Waals surface area contributed by atoms with Crippen LogP contribution in [0.3, 0.4) is 0 Å². The van der Waals surface area contributed by atoms with E-state index in [9.17, 15) is 18.0 Å². The highest BCUT2D eigenvalue weighted by Gasteiger charge is 2.14. The van der Waals surface area contributed by atoms with E-state index in [1.54, 1.807) is 18.2 Å². The molecule has 0 spiro atoms. The Morgan fingerprint density at radius 3 is 2.43 bits per heavy atom. The molecule has 146 valence electrons. The van der Waals surface area contributed by atoms with Gasteiger partial charge in [0.05, 0.1) is 17.4 Å². The fourth-order valence-corrected chi connectivity index (χ4v) is 3.67. The molecule has 0 bridgehead atoms. The van der Waals surface area contributed by atoms with Crippen LogP contribution in [0.25, 0.3) is 11.0 Å². The predicted octanol–water partition coefficient (Wildman–Crippen LogP) is 2.92. The monoisotopic (exact) mass is 399 g/mol. The van der Waals surface area contributed by atoms with Gasteiger partial charge in [-0.05, 0) is 48.7 Å². The van der Waals surface area contributed by atoms with Gasteiger partial charge in [-0.1, -0.05) is 24.3 Å². The van der Waals surface area contributed by atoms with Crippen molar-refractivity contribution in [1.29, 1.82) is 0 Å². The number of nitrogens with one attached hydrogen (secondary N) is 1. The number of fused-ring (bicyclic) bond motifs is 1. The Morgan fingerprint density at radius 2 is 1.79 bits per heavy atom. The van der Waals surface area contributed by atoms with Crippen molar-refractivity contribution in [3.8, 4) is 0 Å². The lowest BCUT2D eigenvalue weighted by atomic mass is 10.0. The van der Waals surface area contributed by atoms with Gasteiger partial charge in [0.25, 0.3) is 0 Å². The molecule has 28 heavy (non-hydrogen) atoms. The molecule has 0 saturated heterocycles. The van der Waals surface area contributed by atoms with Gasteiger partial charge in [-0.25, -0.2) is 13.2 Å². The van der Waals surface area contributed by atoms with Gasteiger partial charge in [-0.2, -0.15) is 0 Å². The van der Waals surface area contributed by atoms with E-state index in [-0.39, 0.29) is 23.3 Å². The van der Waals surface area contributed by atoms with E-state index in [0.29, 0.717) is 11.1 Å². The van der Waals surface area contributed by atoms with Crippen LogP contribution < -0.4 is 10.9 Å². The standard InChI is InChI=1S/C21H21NO5S/c1-13-4-9-18-16(12-21(24)27-19(18)10-13)11-20(23)22-14(2)15-5-7-17(8-6-15)28(3,25)26/h4-10,12,14H,11H2,1-3H3,(H,22,23). The molecule has 1 N–H and O–H groups in total. The normalized spacial score (nSPS) is 12.7. The molecule has 1 atom stereocenters. The van der Waals surface area contributed by atoms with E-state index in [1.807, 2.05) is 26.0 Å².